The van der Waals surface area contributed by atoms with Gasteiger partial charge in [0, 0.05) is 23.7 Å². The van der Waals surface area contributed by atoms with Gasteiger partial charge < -0.3 is 14.2 Å². The molecule has 0 spiro atoms. The van der Waals surface area contributed by atoms with Crippen LogP contribution in [-0.2, 0) is 23.8 Å². The second kappa shape index (κ2) is 4.65. The van der Waals surface area contributed by atoms with E-state index in [-0.39, 0.29) is 24.0 Å². The molecule has 132 valence electrons. The van der Waals surface area contributed by atoms with Crippen LogP contribution in [0.5, 0.6) is 0 Å². The van der Waals surface area contributed by atoms with Crippen LogP contribution in [0.25, 0.3) is 0 Å². The molecule has 2 aliphatic heterocycles. The zero-order valence-corrected chi connectivity index (χ0v) is 14.5. The van der Waals surface area contributed by atoms with Crippen LogP contribution in [0, 0.1) is 11.8 Å². The molecule has 3 aliphatic carbocycles. The third-order valence-electron chi connectivity index (χ3n) is 6.88. The van der Waals surface area contributed by atoms with E-state index in [0.717, 1.165) is 0 Å². The second-order valence-corrected chi connectivity index (χ2v) is 7.78. The van der Waals surface area contributed by atoms with Crippen molar-refractivity contribution in [2.45, 2.75) is 30.5 Å². The molecule has 1 aromatic rings. The monoisotopic (exact) mass is 350 g/mol. The molecule has 5 nitrogen and oxygen atoms in total. The molecule has 6 rings (SSSR count). The Kier molecular flexibility index (Phi) is 2.64. The van der Waals surface area contributed by atoms with Gasteiger partial charge in [-0.25, -0.2) is 9.59 Å². The summed E-state index contributed by atoms with van der Waals surface area (Å²) in [5.41, 5.74) is 6.04. The smallest absolute Gasteiger partial charge is 0.334 e. The molecular weight excluding hydrogens is 332 g/mol. The first kappa shape index (κ1) is 14.7. The minimum Gasteiger partial charge on any atom is -0.466 e. The summed E-state index contributed by atoms with van der Waals surface area (Å²) in [7, 11) is 2.69. The highest BCUT2D eigenvalue weighted by Crippen LogP contribution is 2.68. The molecular formula is C21H18O5. The average Bonchev–Trinajstić information content (AvgIpc) is 3.38. The van der Waals surface area contributed by atoms with Gasteiger partial charge in [-0.3, -0.25) is 0 Å². The van der Waals surface area contributed by atoms with Crippen molar-refractivity contribution in [3.63, 3.8) is 0 Å². The quantitative estimate of drug-likeness (QED) is 0.606. The van der Waals surface area contributed by atoms with Crippen molar-refractivity contribution >= 4 is 11.9 Å². The Hall–Kier alpha value is -2.40. The lowest BCUT2D eigenvalue weighted by Crippen LogP contribution is -2.42. The molecule has 2 heterocycles. The number of methoxy groups -OCH3 is 2. The highest BCUT2D eigenvalue weighted by molar-refractivity contribution is 6.05. The molecule has 5 heteroatoms. The van der Waals surface area contributed by atoms with E-state index >= 15 is 0 Å². The molecule has 0 aromatic heterocycles. The lowest BCUT2D eigenvalue weighted by Gasteiger charge is -2.40. The van der Waals surface area contributed by atoms with Gasteiger partial charge in [-0.1, -0.05) is 24.3 Å². The summed E-state index contributed by atoms with van der Waals surface area (Å²) in [5, 5.41) is 0. The fraction of sp³-hybridized carbons (Fsp3) is 0.429. The lowest BCUT2D eigenvalue weighted by molar-refractivity contribution is -0.142. The second-order valence-electron chi connectivity index (χ2n) is 7.78. The van der Waals surface area contributed by atoms with Crippen molar-refractivity contribution in [1.82, 2.24) is 0 Å². The van der Waals surface area contributed by atoms with E-state index in [0.29, 0.717) is 23.0 Å². The molecule has 0 radical (unpaired) electrons. The maximum absolute atomic E-state index is 12.3. The van der Waals surface area contributed by atoms with Crippen LogP contribution in [0.1, 0.15) is 52.7 Å². The Morgan fingerprint density at radius 2 is 1.31 bits per heavy atom. The molecule has 1 aromatic carbocycles. The van der Waals surface area contributed by atoms with E-state index in [1.165, 1.54) is 42.9 Å². The van der Waals surface area contributed by atoms with Crippen molar-refractivity contribution in [2.75, 3.05) is 14.2 Å². The van der Waals surface area contributed by atoms with Gasteiger partial charge in [-0.15, -0.1) is 0 Å². The largest absolute Gasteiger partial charge is 0.466 e. The van der Waals surface area contributed by atoms with E-state index in [1.807, 2.05) is 0 Å². The zero-order valence-electron chi connectivity index (χ0n) is 14.5. The third-order valence-corrected chi connectivity index (χ3v) is 6.88. The number of hydrogen-bond donors (Lipinski definition) is 0. The molecule has 1 fully saturated rings. The fourth-order valence-electron chi connectivity index (χ4n) is 5.84. The van der Waals surface area contributed by atoms with Crippen LogP contribution in [0.4, 0.5) is 0 Å². The van der Waals surface area contributed by atoms with Crippen molar-refractivity contribution in [3.05, 3.63) is 57.7 Å². The molecule has 0 unspecified atom stereocenters. The number of fused-ring (bicyclic) bond motifs is 13. The molecule has 26 heavy (non-hydrogen) atoms. The first-order chi connectivity index (χ1) is 12.6. The Balaban J connectivity index is 1.47. The van der Waals surface area contributed by atoms with Crippen LogP contribution < -0.4 is 0 Å². The van der Waals surface area contributed by atoms with Crippen LogP contribution in [-0.4, -0.2) is 26.2 Å². The zero-order chi connectivity index (χ0) is 17.7. The van der Waals surface area contributed by atoms with E-state index in [2.05, 4.69) is 24.3 Å². The number of esters is 2. The highest BCUT2D eigenvalue weighted by Gasteiger charge is 2.64. The van der Waals surface area contributed by atoms with Gasteiger partial charge in [0.2, 0.25) is 0 Å². The fourth-order valence-corrected chi connectivity index (χ4v) is 5.84. The summed E-state index contributed by atoms with van der Waals surface area (Å²) in [6.07, 6.45) is 5.43. The summed E-state index contributed by atoms with van der Waals surface area (Å²) in [4.78, 5) is 24.6. The van der Waals surface area contributed by atoms with Crippen LogP contribution in [0.3, 0.4) is 0 Å². The molecule has 1 saturated heterocycles. The summed E-state index contributed by atoms with van der Waals surface area (Å²) in [5.74, 6) is -0.0989. The van der Waals surface area contributed by atoms with Crippen LogP contribution >= 0.6 is 0 Å². The number of rotatable bonds is 2. The van der Waals surface area contributed by atoms with Crippen molar-refractivity contribution in [2.24, 2.45) is 11.8 Å². The van der Waals surface area contributed by atoms with Crippen molar-refractivity contribution in [1.29, 1.82) is 0 Å². The first-order valence-electron chi connectivity index (χ1n) is 9.06. The number of carbonyl (C=O) groups excluding carboxylic acids is 2. The van der Waals surface area contributed by atoms with Crippen molar-refractivity contribution in [3.8, 4) is 0 Å². The number of hydrogen-bond acceptors (Lipinski definition) is 5. The van der Waals surface area contributed by atoms with E-state index in [4.69, 9.17) is 14.2 Å². The predicted octanol–water partition coefficient (Wildman–Crippen LogP) is 2.84. The van der Waals surface area contributed by atoms with E-state index in [9.17, 15) is 9.59 Å². The molecule has 0 amide bonds. The Morgan fingerprint density at radius 3 is 1.73 bits per heavy atom. The summed E-state index contributed by atoms with van der Waals surface area (Å²) in [6.45, 7) is 0. The number of ether oxygens (including phenoxy) is 3. The van der Waals surface area contributed by atoms with Crippen molar-refractivity contribution < 1.29 is 23.8 Å². The van der Waals surface area contributed by atoms with Gasteiger partial charge >= 0.3 is 11.9 Å². The molecule has 5 aliphatic rings. The number of benzene rings is 1. The summed E-state index contributed by atoms with van der Waals surface area (Å²) >= 11 is 0. The summed E-state index contributed by atoms with van der Waals surface area (Å²) in [6, 6.07) is 4.56. The van der Waals surface area contributed by atoms with Crippen LogP contribution in [0.2, 0.25) is 0 Å². The van der Waals surface area contributed by atoms with E-state index in [1.54, 1.807) is 0 Å². The maximum atomic E-state index is 12.3. The van der Waals surface area contributed by atoms with Gasteiger partial charge in [0.25, 0.3) is 0 Å². The topological polar surface area (TPSA) is 61.8 Å². The van der Waals surface area contributed by atoms with Gasteiger partial charge in [-0.05, 0) is 28.7 Å². The van der Waals surface area contributed by atoms with Gasteiger partial charge in [0.05, 0.1) is 37.6 Å². The normalized spacial score (nSPS) is 36.5. The van der Waals surface area contributed by atoms with E-state index < -0.39 is 11.9 Å². The van der Waals surface area contributed by atoms with Crippen LogP contribution in [0.15, 0.2) is 35.4 Å². The minimum atomic E-state index is -0.451. The Labute approximate surface area is 150 Å². The SMILES string of the molecule is COC(=O)C1=C(C(=O)OC)[C@H]2[C@@H]1[C@H]1O[C@@H]2c2cc3c(cc21)[C@H]1C=C[C@@H]3C1. The molecule has 0 N–H and O–H groups in total. The van der Waals surface area contributed by atoms with Gasteiger partial charge in [0.15, 0.2) is 0 Å². The van der Waals surface area contributed by atoms with Gasteiger partial charge in [-0.2, -0.15) is 0 Å². The Bertz CT molecular complexity index is 882. The molecule has 4 bridgehead atoms. The summed E-state index contributed by atoms with van der Waals surface area (Å²) < 4.78 is 16.1. The highest BCUT2D eigenvalue weighted by atomic mass is 16.5. The number of allylic oxidation sites excluding steroid dienone is 2. The number of carbonyl (C=O) groups is 2. The molecule has 6 atom stereocenters. The lowest BCUT2D eigenvalue weighted by atomic mass is 9.59. The average molecular weight is 350 g/mol. The maximum Gasteiger partial charge on any atom is 0.334 e. The third kappa shape index (κ3) is 1.48. The Morgan fingerprint density at radius 1 is 0.846 bits per heavy atom. The predicted molar refractivity (Wildman–Crippen MR) is 90.3 cm³/mol. The minimum absolute atomic E-state index is 0.110. The first-order valence-corrected chi connectivity index (χ1v) is 9.06. The van der Waals surface area contributed by atoms with Gasteiger partial charge in [0.1, 0.15) is 0 Å². The standard InChI is InChI=1S/C21H18O5/c1-24-20(22)16-14-15(17(16)21(23)25-2)19-13-7-11-9-4-3-8(5-9)10(11)6-12(13)18(14)26-19/h3-4,6-9,14-15,18-19H,5H2,1-2H3/t8-,9+,14-,15+,18-,19+. The molecule has 0 saturated carbocycles.